The van der Waals surface area contributed by atoms with Crippen molar-refractivity contribution in [1.82, 2.24) is 20.2 Å². The number of ether oxygens (including phenoxy) is 1. The first-order valence-electron chi connectivity index (χ1n) is 10.1. The number of hydrogen-bond acceptors (Lipinski definition) is 6. The van der Waals surface area contributed by atoms with Gasteiger partial charge in [-0.05, 0) is 48.1 Å². The van der Waals surface area contributed by atoms with E-state index in [0.29, 0.717) is 23.5 Å². The van der Waals surface area contributed by atoms with Gasteiger partial charge in [0.1, 0.15) is 11.4 Å². The molecule has 0 radical (unpaired) electrons. The van der Waals surface area contributed by atoms with Gasteiger partial charge < -0.3 is 9.84 Å². The molecule has 162 valence electrons. The van der Waals surface area contributed by atoms with E-state index in [1.165, 1.54) is 13.3 Å². The standard InChI is InChI=1S/C23H24F2N4O2/c1-4-22(2)10-15(20(31-3)11-23(22,24)25)9-21-27-13-18(28-29-21)17-7-14-5-6-26-12-16(14)8-19(17)30/h5-9,12-13,20,30H,4,10-11H2,1-3H3/b15-9-/t20-,22+/m0/s1. The summed E-state index contributed by atoms with van der Waals surface area (Å²) in [6.45, 7) is 3.38. The smallest absolute Gasteiger partial charge is 0.256 e. The summed E-state index contributed by atoms with van der Waals surface area (Å²) in [4.78, 5) is 8.38. The van der Waals surface area contributed by atoms with Gasteiger partial charge in [0.15, 0.2) is 5.82 Å². The number of benzene rings is 1. The minimum Gasteiger partial charge on any atom is -0.507 e. The SMILES string of the molecule is CC[C@]1(C)C/C(=C/c2ncc(-c3cc4ccncc4cc3O)nn2)[C@@H](OC)CC1(F)F. The molecule has 31 heavy (non-hydrogen) atoms. The van der Waals surface area contributed by atoms with E-state index in [-0.39, 0.29) is 18.6 Å². The van der Waals surface area contributed by atoms with Gasteiger partial charge >= 0.3 is 0 Å². The molecule has 0 bridgehead atoms. The lowest BCUT2D eigenvalue weighted by molar-refractivity contribution is -0.157. The van der Waals surface area contributed by atoms with Gasteiger partial charge in [-0.25, -0.2) is 13.8 Å². The van der Waals surface area contributed by atoms with Crippen LogP contribution in [-0.4, -0.2) is 44.4 Å². The van der Waals surface area contributed by atoms with Crippen molar-refractivity contribution in [3.8, 4) is 17.0 Å². The third-order valence-corrected chi connectivity index (χ3v) is 6.32. The van der Waals surface area contributed by atoms with Crippen LogP contribution in [0.3, 0.4) is 0 Å². The number of fused-ring (bicyclic) bond motifs is 1. The first-order valence-corrected chi connectivity index (χ1v) is 10.1. The van der Waals surface area contributed by atoms with Crippen molar-refractivity contribution in [3.05, 3.63) is 48.2 Å². The maximum atomic E-state index is 14.6. The van der Waals surface area contributed by atoms with Crippen LogP contribution in [0.1, 0.15) is 38.9 Å². The molecule has 2 aromatic heterocycles. The van der Waals surface area contributed by atoms with E-state index in [4.69, 9.17) is 4.74 Å². The summed E-state index contributed by atoms with van der Waals surface area (Å²) in [5, 5.41) is 20.4. The minimum atomic E-state index is -2.81. The zero-order valence-electron chi connectivity index (χ0n) is 17.6. The molecule has 0 saturated heterocycles. The fraction of sp³-hybridized carbons (Fsp3) is 0.391. The number of aromatic nitrogens is 4. The quantitative estimate of drug-likeness (QED) is 0.630. The number of methoxy groups -OCH3 is 1. The zero-order chi connectivity index (χ0) is 22.2. The van der Waals surface area contributed by atoms with Crippen LogP contribution in [0.5, 0.6) is 5.75 Å². The Labute approximate surface area is 179 Å². The Morgan fingerprint density at radius 2 is 2.03 bits per heavy atom. The van der Waals surface area contributed by atoms with Crippen molar-refractivity contribution in [2.24, 2.45) is 5.41 Å². The van der Waals surface area contributed by atoms with Gasteiger partial charge in [-0.3, -0.25) is 4.98 Å². The number of halogens is 2. The molecule has 0 spiro atoms. The number of aromatic hydroxyl groups is 1. The van der Waals surface area contributed by atoms with Crippen LogP contribution in [0.15, 0.2) is 42.4 Å². The van der Waals surface area contributed by atoms with Crippen molar-refractivity contribution in [3.63, 3.8) is 0 Å². The average Bonchev–Trinajstić information content (AvgIpc) is 2.76. The minimum absolute atomic E-state index is 0.0513. The monoisotopic (exact) mass is 426 g/mol. The second-order valence-corrected chi connectivity index (χ2v) is 8.24. The van der Waals surface area contributed by atoms with Crippen LogP contribution in [0, 0.1) is 5.41 Å². The molecule has 8 heteroatoms. The van der Waals surface area contributed by atoms with Gasteiger partial charge in [-0.2, -0.15) is 0 Å². The van der Waals surface area contributed by atoms with E-state index in [2.05, 4.69) is 20.2 Å². The molecular formula is C23H24F2N4O2. The number of phenolic OH excluding ortho intramolecular Hbond substituents is 1. The van der Waals surface area contributed by atoms with Crippen molar-refractivity contribution in [2.45, 2.75) is 45.1 Å². The normalized spacial score (nSPS) is 24.5. The largest absolute Gasteiger partial charge is 0.507 e. The van der Waals surface area contributed by atoms with E-state index in [1.54, 1.807) is 44.4 Å². The Hall–Kier alpha value is -3.00. The molecule has 1 aromatic carbocycles. The number of alkyl halides is 2. The Balaban J connectivity index is 1.65. The molecule has 1 aliphatic rings. The highest BCUT2D eigenvalue weighted by Crippen LogP contribution is 2.52. The summed E-state index contributed by atoms with van der Waals surface area (Å²) in [5.41, 5.74) is 0.500. The summed E-state index contributed by atoms with van der Waals surface area (Å²) < 4.78 is 34.6. The van der Waals surface area contributed by atoms with Crippen LogP contribution in [-0.2, 0) is 4.74 Å². The van der Waals surface area contributed by atoms with Crippen LogP contribution in [0.25, 0.3) is 28.1 Å². The van der Waals surface area contributed by atoms with Gasteiger partial charge in [-0.15, -0.1) is 10.2 Å². The van der Waals surface area contributed by atoms with E-state index in [9.17, 15) is 13.9 Å². The Morgan fingerprint density at radius 3 is 2.71 bits per heavy atom. The highest BCUT2D eigenvalue weighted by Gasteiger charge is 2.54. The molecule has 2 atom stereocenters. The lowest BCUT2D eigenvalue weighted by Gasteiger charge is -2.44. The van der Waals surface area contributed by atoms with Crippen LogP contribution < -0.4 is 0 Å². The lowest BCUT2D eigenvalue weighted by Crippen LogP contribution is -2.47. The molecule has 0 aliphatic heterocycles. The Morgan fingerprint density at radius 1 is 1.23 bits per heavy atom. The third kappa shape index (κ3) is 3.87. The Kier molecular flexibility index (Phi) is 5.43. The van der Waals surface area contributed by atoms with E-state index in [1.807, 2.05) is 6.07 Å². The number of rotatable bonds is 4. The first-order chi connectivity index (χ1) is 14.8. The van der Waals surface area contributed by atoms with Crippen molar-refractivity contribution < 1.29 is 18.6 Å². The summed E-state index contributed by atoms with van der Waals surface area (Å²) in [6, 6.07) is 5.26. The Bertz CT molecular complexity index is 1130. The molecular weight excluding hydrogens is 402 g/mol. The third-order valence-electron chi connectivity index (χ3n) is 6.32. The van der Waals surface area contributed by atoms with Crippen molar-refractivity contribution in [2.75, 3.05) is 7.11 Å². The number of phenols is 1. The maximum absolute atomic E-state index is 14.6. The van der Waals surface area contributed by atoms with Crippen LogP contribution >= 0.6 is 0 Å². The van der Waals surface area contributed by atoms with Gasteiger partial charge in [0, 0.05) is 42.3 Å². The number of hydrogen-bond donors (Lipinski definition) is 1. The maximum Gasteiger partial charge on any atom is 0.256 e. The molecule has 0 unspecified atom stereocenters. The van der Waals surface area contributed by atoms with E-state index >= 15 is 0 Å². The fourth-order valence-corrected chi connectivity index (χ4v) is 4.03. The molecule has 1 fully saturated rings. The molecule has 1 N–H and O–H groups in total. The zero-order valence-corrected chi connectivity index (χ0v) is 17.6. The molecule has 3 aromatic rings. The second kappa shape index (κ2) is 7.92. The van der Waals surface area contributed by atoms with Crippen LogP contribution in [0.2, 0.25) is 0 Å². The van der Waals surface area contributed by atoms with Crippen molar-refractivity contribution in [1.29, 1.82) is 0 Å². The second-order valence-electron chi connectivity index (χ2n) is 8.24. The predicted molar refractivity (Wildman–Crippen MR) is 114 cm³/mol. The number of pyridine rings is 1. The van der Waals surface area contributed by atoms with Gasteiger partial charge in [0.05, 0.1) is 12.3 Å². The van der Waals surface area contributed by atoms with Gasteiger partial charge in [0.25, 0.3) is 5.92 Å². The van der Waals surface area contributed by atoms with E-state index in [0.717, 1.165) is 16.3 Å². The number of nitrogens with zero attached hydrogens (tertiary/aromatic N) is 4. The highest BCUT2D eigenvalue weighted by molar-refractivity contribution is 5.89. The predicted octanol–water partition coefficient (Wildman–Crippen LogP) is 5.04. The average molecular weight is 426 g/mol. The molecule has 6 nitrogen and oxygen atoms in total. The topological polar surface area (TPSA) is 81.0 Å². The lowest BCUT2D eigenvalue weighted by atomic mass is 9.67. The fourth-order valence-electron chi connectivity index (χ4n) is 4.03. The first kappa shape index (κ1) is 21.2. The van der Waals surface area contributed by atoms with Gasteiger partial charge in [-0.1, -0.05) is 13.8 Å². The molecule has 4 rings (SSSR count). The van der Waals surface area contributed by atoms with Crippen molar-refractivity contribution >= 4 is 16.8 Å². The summed E-state index contributed by atoms with van der Waals surface area (Å²) in [6.07, 6.45) is 6.01. The molecule has 1 saturated carbocycles. The molecule has 1 aliphatic carbocycles. The molecule has 0 amide bonds. The summed E-state index contributed by atoms with van der Waals surface area (Å²) >= 11 is 0. The molecule has 2 heterocycles. The van der Waals surface area contributed by atoms with Crippen LogP contribution in [0.4, 0.5) is 8.78 Å². The summed E-state index contributed by atoms with van der Waals surface area (Å²) in [7, 11) is 1.43. The van der Waals surface area contributed by atoms with Gasteiger partial charge in [0.2, 0.25) is 0 Å². The highest BCUT2D eigenvalue weighted by atomic mass is 19.3. The van der Waals surface area contributed by atoms with E-state index < -0.39 is 17.4 Å². The summed E-state index contributed by atoms with van der Waals surface area (Å²) in [5.74, 6) is -2.45.